The van der Waals surface area contributed by atoms with Gasteiger partial charge >= 0.3 is 0 Å². The molecular weight excluding hydrogens is 176 g/mol. The molecule has 0 aliphatic carbocycles. The smallest absolute Gasteiger partial charge is 0.120 e. The summed E-state index contributed by atoms with van der Waals surface area (Å²) in [6.45, 7) is 9.31. The van der Waals surface area contributed by atoms with Crippen LogP contribution in [0.4, 0.5) is 0 Å². The molecule has 0 aromatic carbocycles. The van der Waals surface area contributed by atoms with Gasteiger partial charge in [0, 0.05) is 7.11 Å². The van der Waals surface area contributed by atoms with Crippen molar-refractivity contribution in [2.24, 2.45) is 5.92 Å². The highest BCUT2D eigenvalue weighted by Crippen LogP contribution is 2.10. The zero-order valence-electron chi connectivity index (χ0n) is 10.2. The fraction of sp³-hybridized carbons (Fsp3) is 0.833. The number of hydrogen-bond acceptors (Lipinski definition) is 2. The predicted molar refractivity (Wildman–Crippen MR) is 60.3 cm³/mol. The molecule has 2 nitrogen and oxygen atoms in total. The van der Waals surface area contributed by atoms with Gasteiger partial charge in [0.1, 0.15) is 11.9 Å². The van der Waals surface area contributed by atoms with Gasteiger partial charge in [-0.3, -0.25) is 0 Å². The third-order valence-corrected chi connectivity index (χ3v) is 2.12. The maximum atomic E-state index is 5.68. The molecule has 0 saturated heterocycles. The van der Waals surface area contributed by atoms with Gasteiger partial charge in [0.25, 0.3) is 0 Å². The molecular formula is C12H24O2. The minimum atomic E-state index is 0.0714. The summed E-state index contributed by atoms with van der Waals surface area (Å²) < 4.78 is 10.9. The molecule has 0 bridgehead atoms. The summed E-state index contributed by atoms with van der Waals surface area (Å²) >= 11 is 0. The number of methoxy groups -OCH3 is 1. The molecule has 0 rings (SSSR count). The zero-order chi connectivity index (χ0) is 11.0. The third-order valence-electron chi connectivity index (χ3n) is 2.12. The maximum Gasteiger partial charge on any atom is 0.120 e. The standard InChI is InChI=1S/C12H24O2/c1-6-7-12(11(4)13-5)14-9-8-10(2)3/h7,10-11H,6,8-9H2,1-5H3/b12-7-. The van der Waals surface area contributed by atoms with Gasteiger partial charge in [-0.1, -0.05) is 20.8 Å². The number of ether oxygens (including phenoxy) is 2. The number of rotatable bonds is 7. The van der Waals surface area contributed by atoms with E-state index in [0.717, 1.165) is 25.2 Å². The van der Waals surface area contributed by atoms with Crippen LogP contribution in [-0.2, 0) is 9.47 Å². The second kappa shape index (κ2) is 7.86. The summed E-state index contributed by atoms with van der Waals surface area (Å²) in [6, 6.07) is 0. The van der Waals surface area contributed by atoms with Crippen molar-refractivity contribution in [1.82, 2.24) is 0 Å². The molecule has 0 heterocycles. The first-order valence-corrected chi connectivity index (χ1v) is 5.47. The molecule has 0 amide bonds. The van der Waals surface area contributed by atoms with E-state index in [1.165, 1.54) is 0 Å². The molecule has 1 unspecified atom stereocenters. The Bertz CT molecular complexity index is 162. The topological polar surface area (TPSA) is 18.5 Å². The van der Waals surface area contributed by atoms with Crippen molar-refractivity contribution >= 4 is 0 Å². The summed E-state index contributed by atoms with van der Waals surface area (Å²) in [6.07, 6.45) is 4.25. The van der Waals surface area contributed by atoms with Crippen molar-refractivity contribution < 1.29 is 9.47 Å². The summed E-state index contributed by atoms with van der Waals surface area (Å²) in [7, 11) is 1.71. The molecule has 0 N–H and O–H groups in total. The molecule has 0 spiro atoms. The predicted octanol–water partition coefficient (Wildman–Crippen LogP) is 3.38. The van der Waals surface area contributed by atoms with E-state index in [1.54, 1.807) is 7.11 Å². The van der Waals surface area contributed by atoms with Crippen LogP contribution in [0.2, 0.25) is 0 Å². The van der Waals surface area contributed by atoms with Crippen molar-refractivity contribution in [3.05, 3.63) is 11.8 Å². The van der Waals surface area contributed by atoms with Gasteiger partial charge in [-0.15, -0.1) is 0 Å². The van der Waals surface area contributed by atoms with Gasteiger partial charge < -0.3 is 9.47 Å². The molecule has 0 fully saturated rings. The van der Waals surface area contributed by atoms with Crippen molar-refractivity contribution in [2.75, 3.05) is 13.7 Å². The Morgan fingerprint density at radius 3 is 2.36 bits per heavy atom. The van der Waals surface area contributed by atoms with Gasteiger partial charge in [0.2, 0.25) is 0 Å². The van der Waals surface area contributed by atoms with Crippen molar-refractivity contribution in [1.29, 1.82) is 0 Å². The third kappa shape index (κ3) is 6.03. The monoisotopic (exact) mass is 200 g/mol. The molecule has 1 atom stereocenters. The maximum absolute atomic E-state index is 5.68. The average molecular weight is 200 g/mol. The van der Waals surface area contributed by atoms with Crippen LogP contribution < -0.4 is 0 Å². The Morgan fingerprint density at radius 1 is 1.29 bits per heavy atom. The van der Waals surface area contributed by atoms with Crippen LogP contribution in [0.15, 0.2) is 11.8 Å². The minimum absolute atomic E-state index is 0.0714. The van der Waals surface area contributed by atoms with Crippen LogP contribution in [0.1, 0.15) is 40.5 Å². The van der Waals surface area contributed by atoms with Gasteiger partial charge in [0.15, 0.2) is 0 Å². The van der Waals surface area contributed by atoms with Crippen LogP contribution in [0.5, 0.6) is 0 Å². The van der Waals surface area contributed by atoms with Crippen LogP contribution in [0.3, 0.4) is 0 Å². The minimum Gasteiger partial charge on any atom is -0.496 e. The van der Waals surface area contributed by atoms with E-state index in [4.69, 9.17) is 9.47 Å². The fourth-order valence-electron chi connectivity index (χ4n) is 1.07. The summed E-state index contributed by atoms with van der Waals surface area (Å²) in [5, 5.41) is 0. The van der Waals surface area contributed by atoms with Gasteiger partial charge in [-0.05, 0) is 31.8 Å². The van der Waals surface area contributed by atoms with Gasteiger partial charge in [-0.25, -0.2) is 0 Å². The van der Waals surface area contributed by atoms with E-state index in [2.05, 4.69) is 26.8 Å². The SMILES string of the molecule is CC/C=C(\OCCC(C)C)C(C)OC. The summed E-state index contributed by atoms with van der Waals surface area (Å²) in [5.41, 5.74) is 0. The largest absolute Gasteiger partial charge is 0.496 e. The Hall–Kier alpha value is -0.500. The van der Waals surface area contributed by atoms with Crippen LogP contribution in [0.25, 0.3) is 0 Å². The Morgan fingerprint density at radius 2 is 1.93 bits per heavy atom. The second-order valence-electron chi connectivity index (χ2n) is 3.92. The van der Waals surface area contributed by atoms with Crippen LogP contribution in [0, 0.1) is 5.92 Å². The lowest BCUT2D eigenvalue weighted by atomic mass is 10.1. The van der Waals surface area contributed by atoms with Crippen LogP contribution in [-0.4, -0.2) is 19.8 Å². The van der Waals surface area contributed by atoms with Crippen molar-refractivity contribution in [3.8, 4) is 0 Å². The highest BCUT2D eigenvalue weighted by Gasteiger charge is 2.08. The zero-order valence-corrected chi connectivity index (χ0v) is 10.2. The number of hydrogen-bond donors (Lipinski definition) is 0. The van der Waals surface area contributed by atoms with E-state index >= 15 is 0 Å². The highest BCUT2D eigenvalue weighted by molar-refractivity contribution is 4.98. The van der Waals surface area contributed by atoms with Gasteiger partial charge in [0.05, 0.1) is 6.61 Å². The quantitative estimate of drug-likeness (QED) is 0.587. The summed E-state index contributed by atoms with van der Waals surface area (Å²) in [5.74, 6) is 1.66. The molecule has 0 aliphatic heterocycles. The summed E-state index contributed by atoms with van der Waals surface area (Å²) in [4.78, 5) is 0. The first-order valence-electron chi connectivity index (χ1n) is 5.47. The van der Waals surface area contributed by atoms with Gasteiger partial charge in [-0.2, -0.15) is 0 Å². The normalized spacial score (nSPS) is 14.6. The van der Waals surface area contributed by atoms with E-state index < -0.39 is 0 Å². The van der Waals surface area contributed by atoms with Crippen molar-refractivity contribution in [3.63, 3.8) is 0 Å². The lowest BCUT2D eigenvalue weighted by Crippen LogP contribution is -2.13. The van der Waals surface area contributed by atoms with Crippen molar-refractivity contribution in [2.45, 2.75) is 46.6 Å². The molecule has 0 aliphatic rings. The first-order chi connectivity index (χ1) is 6.61. The molecule has 0 radical (unpaired) electrons. The second-order valence-corrected chi connectivity index (χ2v) is 3.92. The highest BCUT2D eigenvalue weighted by atomic mass is 16.5. The molecule has 14 heavy (non-hydrogen) atoms. The first kappa shape index (κ1) is 13.5. The molecule has 2 heteroatoms. The lowest BCUT2D eigenvalue weighted by molar-refractivity contribution is 0.0701. The van der Waals surface area contributed by atoms with E-state index in [-0.39, 0.29) is 6.10 Å². The van der Waals surface area contributed by atoms with E-state index in [9.17, 15) is 0 Å². The molecule has 0 saturated carbocycles. The van der Waals surface area contributed by atoms with E-state index in [1.807, 2.05) is 6.92 Å². The fourth-order valence-corrected chi connectivity index (χ4v) is 1.07. The average Bonchev–Trinajstić information content (AvgIpc) is 2.15. The Balaban J connectivity index is 3.92. The van der Waals surface area contributed by atoms with Crippen LogP contribution >= 0.6 is 0 Å². The lowest BCUT2D eigenvalue weighted by Gasteiger charge is -2.16. The molecule has 84 valence electrons. The Kier molecular flexibility index (Phi) is 7.58. The number of allylic oxidation sites excluding steroid dienone is 1. The Labute approximate surface area is 88.3 Å². The van der Waals surface area contributed by atoms with E-state index in [0.29, 0.717) is 5.92 Å². The molecule has 0 aromatic rings. The molecule has 0 aromatic heterocycles.